The van der Waals surface area contributed by atoms with Gasteiger partial charge in [0.15, 0.2) is 0 Å². The van der Waals surface area contributed by atoms with Crippen LogP contribution in [0.3, 0.4) is 0 Å². The number of halogens is 4. The fourth-order valence-corrected chi connectivity index (χ4v) is 5.69. The van der Waals surface area contributed by atoms with Gasteiger partial charge in [-0.3, -0.25) is 9.59 Å². The van der Waals surface area contributed by atoms with E-state index in [-0.39, 0.29) is 44.1 Å². The molecule has 0 bridgehead atoms. The van der Waals surface area contributed by atoms with Gasteiger partial charge in [0.05, 0.1) is 6.10 Å². The second-order valence-corrected chi connectivity index (χ2v) is 14.2. The summed E-state index contributed by atoms with van der Waals surface area (Å²) in [6.07, 6.45) is 22.8. The average molecular weight is 736 g/mol. The molecule has 0 aromatic carbocycles. The first-order chi connectivity index (χ1) is 24.4. The van der Waals surface area contributed by atoms with Crippen molar-refractivity contribution in [1.82, 2.24) is 4.90 Å². The first kappa shape index (κ1) is 49.1. The van der Waals surface area contributed by atoms with E-state index in [9.17, 15) is 27.2 Å². The number of carbonyl (C=O) groups excluding carboxylic acids is 2. The van der Waals surface area contributed by atoms with Crippen LogP contribution in [0, 0.1) is 0 Å². The minimum absolute atomic E-state index is 0.113. The highest BCUT2D eigenvalue weighted by atomic mass is 19.3. The SMILES string of the molecule is CCCCCC(F)(F)/C=C\COC(=O)CCCCCCCC(CCCCCCCC(=O)OC/C=C\C(F)(F)CCCCC)OCCCCN(C)C. The number of unbranched alkanes of at least 4 members (excludes halogenated alkanes) is 13. The molecule has 0 radical (unpaired) electrons. The lowest BCUT2D eigenvalue weighted by molar-refractivity contribution is -0.143. The van der Waals surface area contributed by atoms with Crippen molar-refractivity contribution in [3.05, 3.63) is 24.3 Å². The summed E-state index contributed by atoms with van der Waals surface area (Å²) in [6, 6.07) is 0. The van der Waals surface area contributed by atoms with Gasteiger partial charge in [0.1, 0.15) is 13.2 Å². The molecule has 0 aliphatic rings. The third-order valence-electron chi connectivity index (χ3n) is 8.80. The molecule has 0 aliphatic carbocycles. The predicted octanol–water partition coefficient (Wildman–Crippen LogP) is 11.8. The summed E-state index contributed by atoms with van der Waals surface area (Å²) in [4.78, 5) is 26.1. The molecule has 0 amide bonds. The summed E-state index contributed by atoms with van der Waals surface area (Å²) in [5, 5.41) is 0. The van der Waals surface area contributed by atoms with Gasteiger partial charge in [-0.05, 0) is 96.3 Å². The summed E-state index contributed by atoms with van der Waals surface area (Å²) in [7, 11) is 4.15. The van der Waals surface area contributed by atoms with Crippen LogP contribution in [0.5, 0.6) is 0 Å². The van der Waals surface area contributed by atoms with Crippen molar-refractivity contribution >= 4 is 11.9 Å². The lowest BCUT2D eigenvalue weighted by Crippen LogP contribution is -2.16. The van der Waals surface area contributed by atoms with Crippen LogP contribution in [-0.4, -0.2) is 75.2 Å². The van der Waals surface area contributed by atoms with Crippen LogP contribution in [0.4, 0.5) is 17.6 Å². The van der Waals surface area contributed by atoms with Crippen molar-refractivity contribution in [3.63, 3.8) is 0 Å². The van der Waals surface area contributed by atoms with Gasteiger partial charge in [-0.1, -0.05) is 90.9 Å². The Kier molecular flexibility index (Phi) is 31.4. The average Bonchev–Trinajstić information content (AvgIpc) is 3.07. The first-order valence-corrected chi connectivity index (χ1v) is 20.1. The normalized spacial score (nSPS) is 12.6. The smallest absolute Gasteiger partial charge is 0.306 e. The number of carbonyl (C=O) groups is 2. The Morgan fingerprint density at radius 1 is 0.588 bits per heavy atom. The van der Waals surface area contributed by atoms with Crippen LogP contribution in [0.2, 0.25) is 0 Å². The Bertz CT molecular complexity index is 835. The highest BCUT2D eigenvalue weighted by Gasteiger charge is 2.24. The van der Waals surface area contributed by atoms with E-state index in [2.05, 4.69) is 19.0 Å². The van der Waals surface area contributed by atoms with E-state index in [1.54, 1.807) is 0 Å². The quantitative estimate of drug-likeness (QED) is 0.0276. The van der Waals surface area contributed by atoms with Crippen molar-refractivity contribution in [2.45, 2.75) is 186 Å². The van der Waals surface area contributed by atoms with Gasteiger partial charge >= 0.3 is 11.9 Å². The molecule has 300 valence electrons. The molecule has 6 nitrogen and oxygen atoms in total. The van der Waals surface area contributed by atoms with E-state index in [0.717, 1.165) is 141 Å². The monoisotopic (exact) mass is 736 g/mol. The molecular formula is C41H73F4NO5. The molecule has 0 saturated heterocycles. The second kappa shape index (κ2) is 32.7. The lowest BCUT2D eigenvalue weighted by atomic mass is 10.0. The number of hydrogen-bond acceptors (Lipinski definition) is 6. The lowest BCUT2D eigenvalue weighted by Gasteiger charge is -2.18. The van der Waals surface area contributed by atoms with E-state index < -0.39 is 11.8 Å². The maximum absolute atomic E-state index is 13.8. The zero-order valence-electron chi connectivity index (χ0n) is 32.7. The van der Waals surface area contributed by atoms with Crippen LogP contribution in [-0.2, 0) is 23.8 Å². The van der Waals surface area contributed by atoms with E-state index in [0.29, 0.717) is 25.7 Å². The zero-order chi connectivity index (χ0) is 38.1. The maximum Gasteiger partial charge on any atom is 0.306 e. The molecule has 0 aromatic rings. The fourth-order valence-electron chi connectivity index (χ4n) is 5.69. The molecule has 0 rings (SSSR count). The molecule has 0 fully saturated rings. The van der Waals surface area contributed by atoms with E-state index in [1.165, 1.54) is 12.2 Å². The molecule has 0 atom stereocenters. The summed E-state index contributed by atoms with van der Waals surface area (Å²) >= 11 is 0. The number of ether oxygens (including phenoxy) is 3. The highest BCUT2D eigenvalue weighted by Crippen LogP contribution is 2.24. The summed E-state index contributed by atoms with van der Waals surface area (Å²) < 4.78 is 71.5. The summed E-state index contributed by atoms with van der Waals surface area (Å²) in [5.74, 6) is -6.39. The van der Waals surface area contributed by atoms with E-state index >= 15 is 0 Å². The Morgan fingerprint density at radius 2 is 1.02 bits per heavy atom. The topological polar surface area (TPSA) is 65.1 Å². The second-order valence-electron chi connectivity index (χ2n) is 14.2. The van der Waals surface area contributed by atoms with Crippen molar-refractivity contribution in [1.29, 1.82) is 0 Å². The Labute approximate surface area is 308 Å². The van der Waals surface area contributed by atoms with Gasteiger partial charge in [-0.25, -0.2) is 17.6 Å². The van der Waals surface area contributed by atoms with Gasteiger partial charge in [-0.15, -0.1) is 0 Å². The van der Waals surface area contributed by atoms with Crippen LogP contribution >= 0.6 is 0 Å². The van der Waals surface area contributed by atoms with Crippen molar-refractivity contribution in [2.75, 3.05) is 40.5 Å². The number of hydrogen-bond donors (Lipinski definition) is 0. The van der Waals surface area contributed by atoms with Crippen LogP contribution in [0.15, 0.2) is 24.3 Å². The molecule has 10 heteroatoms. The minimum Gasteiger partial charge on any atom is -0.461 e. The summed E-state index contributed by atoms with van der Waals surface area (Å²) in [6.45, 7) is 5.54. The Balaban J connectivity index is 4.17. The molecule has 0 unspecified atom stereocenters. The maximum atomic E-state index is 13.8. The van der Waals surface area contributed by atoms with Crippen molar-refractivity contribution < 1.29 is 41.4 Å². The Hall–Kier alpha value is -1.94. The third-order valence-corrected chi connectivity index (χ3v) is 8.80. The van der Waals surface area contributed by atoms with Crippen molar-refractivity contribution in [3.8, 4) is 0 Å². The number of esters is 2. The van der Waals surface area contributed by atoms with Gasteiger partial charge in [-0.2, -0.15) is 0 Å². The predicted molar refractivity (Wildman–Crippen MR) is 201 cm³/mol. The van der Waals surface area contributed by atoms with Gasteiger partial charge < -0.3 is 19.1 Å². The summed E-state index contributed by atoms with van der Waals surface area (Å²) in [5.41, 5.74) is 0. The highest BCUT2D eigenvalue weighted by molar-refractivity contribution is 5.69. The molecule has 51 heavy (non-hydrogen) atoms. The largest absolute Gasteiger partial charge is 0.461 e. The van der Waals surface area contributed by atoms with Crippen LogP contribution in [0.1, 0.15) is 168 Å². The number of nitrogens with zero attached hydrogens (tertiary/aromatic N) is 1. The van der Waals surface area contributed by atoms with Gasteiger partial charge in [0, 0.05) is 32.3 Å². The molecule has 0 spiro atoms. The molecule has 0 N–H and O–H groups in total. The fraction of sp³-hybridized carbons (Fsp3) is 0.854. The molecule has 0 aliphatic heterocycles. The number of alkyl halides is 4. The van der Waals surface area contributed by atoms with Crippen molar-refractivity contribution in [2.24, 2.45) is 0 Å². The van der Waals surface area contributed by atoms with Gasteiger partial charge in [0.25, 0.3) is 11.8 Å². The molecule has 0 aromatic heterocycles. The number of rotatable bonds is 36. The van der Waals surface area contributed by atoms with E-state index in [4.69, 9.17) is 14.2 Å². The number of allylic oxidation sites excluding steroid dienone is 2. The third kappa shape index (κ3) is 34.9. The van der Waals surface area contributed by atoms with Crippen LogP contribution in [0.25, 0.3) is 0 Å². The van der Waals surface area contributed by atoms with Gasteiger partial charge in [0.2, 0.25) is 0 Å². The van der Waals surface area contributed by atoms with Crippen LogP contribution < -0.4 is 0 Å². The molecule has 0 heterocycles. The zero-order valence-corrected chi connectivity index (χ0v) is 32.7. The standard InChI is InChI=1S/C41H73F4NO5/c1-5-7-19-29-40(42,43)31-23-35-50-38(47)27-17-13-9-11-15-25-37(49-34-22-21-33-46(3)4)26-16-12-10-14-18-28-39(48)51-36-24-32-41(44,45)30-20-8-6-2/h23-24,31-32,37H,5-22,25-30,33-36H2,1-4H3/b31-23-,32-24-. The molecular weight excluding hydrogens is 662 g/mol. The Morgan fingerprint density at radius 3 is 1.45 bits per heavy atom. The van der Waals surface area contributed by atoms with E-state index in [1.807, 2.05) is 13.8 Å². The minimum atomic E-state index is -2.85. The molecule has 0 saturated carbocycles. The first-order valence-electron chi connectivity index (χ1n) is 20.1.